The number of carbonyl (C=O) groups is 1. The van der Waals surface area contributed by atoms with Gasteiger partial charge in [-0.15, -0.1) is 17.9 Å². The van der Waals surface area contributed by atoms with Crippen LogP contribution in [0.3, 0.4) is 0 Å². The first-order valence-corrected chi connectivity index (χ1v) is 11.9. The minimum atomic E-state index is -0.321. The van der Waals surface area contributed by atoms with Gasteiger partial charge in [0.05, 0.1) is 10.6 Å². The van der Waals surface area contributed by atoms with E-state index in [2.05, 4.69) is 18.8 Å². The Kier molecular flexibility index (Phi) is 7.35. The molecule has 7 heteroatoms. The van der Waals surface area contributed by atoms with Crippen molar-refractivity contribution in [2.75, 3.05) is 6.54 Å². The van der Waals surface area contributed by atoms with E-state index in [4.69, 9.17) is 4.98 Å². The van der Waals surface area contributed by atoms with Crippen LogP contribution in [0.4, 0.5) is 0 Å². The highest BCUT2D eigenvalue weighted by Crippen LogP contribution is 2.36. The van der Waals surface area contributed by atoms with Crippen LogP contribution < -0.4 is 10.9 Å². The van der Waals surface area contributed by atoms with Gasteiger partial charge < -0.3 is 5.32 Å². The first-order valence-electron chi connectivity index (χ1n) is 10.2. The zero-order chi connectivity index (χ0) is 20.1. The molecule has 2 aromatic heterocycles. The Morgan fingerprint density at radius 3 is 2.96 bits per heavy atom. The summed E-state index contributed by atoms with van der Waals surface area (Å²) >= 11 is 3.03. The SMILES string of the molecule is C=CCNC(=O)[C@@H](C)Sc1nc2sc3c(c2c(=O)n1CCCCCC)CCC3. The van der Waals surface area contributed by atoms with E-state index >= 15 is 0 Å². The number of aryl methyl sites for hydroxylation is 2. The Balaban J connectivity index is 1.93. The van der Waals surface area contributed by atoms with E-state index in [9.17, 15) is 9.59 Å². The van der Waals surface area contributed by atoms with Crippen molar-refractivity contribution in [2.24, 2.45) is 0 Å². The molecule has 0 spiro atoms. The number of amides is 1. The molecule has 3 rings (SSSR count). The summed E-state index contributed by atoms with van der Waals surface area (Å²) in [6.07, 6.45) is 9.21. The summed E-state index contributed by atoms with van der Waals surface area (Å²) < 4.78 is 1.81. The molecule has 0 aromatic carbocycles. The Morgan fingerprint density at radius 2 is 2.21 bits per heavy atom. The topological polar surface area (TPSA) is 64.0 Å². The fraction of sp³-hybridized carbons (Fsp3) is 0.571. The second-order valence-corrected chi connectivity index (χ2v) is 9.63. The average molecular weight is 420 g/mol. The molecule has 152 valence electrons. The third-order valence-electron chi connectivity index (χ3n) is 5.10. The van der Waals surface area contributed by atoms with Gasteiger partial charge in [0.15, 0.2) is 5.16 Å². The minimum absolute atomic E-state index is 0.0644. The second kappa shape index (κ2) is 9.74. The van der Waals surface area contributed by atoms with Gasteiger partial charge in [-0.3, -0.25) is 14.2 Å². The number of aromatic nitrogens is 2. The summed E-state index contributed by atoms with van der Waals surface area (Å²) in [4.78, 5) is 32.6. The average Bonchev–Trinajstić information content (AvgIpc) is 3.25. The number of thiophene rings is 1. The number of hydrogen-bond donors (Lipinski definition) is 1. The van der Waals surface area contributed by atoms with Gasteiger partial charge in [0.1, 0.15) is 4.83 Å². The molecule has 2 heterocycles. The van der Waals surface area contributed by atoms with Crippen molar-refractivity contribution in [1.29, 1.82) is 0 Å². The molecule has 0 aliphatic heterocycles. The molecule has 28 heavy (non-hydrogen) atoms. The monoisotopic (exact) mass is 419 g/mol. The van der Waals surface area contributed by atoms with E-state index in [1.807, 2.05) is 11.5 Å². The third kappa shape index (κ3) is 4.51. The Hall–Kier alpha value is -1.60. The van der Waals surface area contributed by atoms with Crippen LogP contribution in [0.25, 0.3) is 10.2 Å². The molecule has 1 atom stereocenters. The predicted octanol–water partition coefficient (Wildman–Crippen LogP) is 4.31. The molecule has 5 nitrogen and oxygen atoms in total. The van der Waals surface area contributed by atoms with Crippen molar-refractivity contribution in [3.05, 3.63) is 33.4 Å². The molecular formula is C21H29N3O2S2. The van der Waals surface area contributed by atoms with E-state index in [0.29, 0.717) is 18.2 Å². The van der Waals surface area contributed by atoms with Crippen LogP contribution in [0.2, 0.25) is 0 Å². The smallest absolute Gasteiger partial charge is 0.263 e. The van der Waals surface area contributed by atoms with Crippen molar-refractivity contribution in [3.63, 3.8) is 0 Å². The van der Waals surface area contributed by atoms with Crippen molar-refractivity contribution >= 4 is 39.2 Å². The molecule has 1 N–H and O–H groups in total. The molecular weight excluding hydrogens is 390 g/mol. The number of carbonyl (C=O) groups excluding carboxylic acids is 1. The van der Waals surface area contributed by atoms with Gasteiger partial charge in [-0.1, -0.05) is 44.0 Å². The van der Waals surface area contributed by atoms with Gasteiger partial charge in [-0.05, 0) is 38.2 Å². The highest BCUT2D eigenvalue weighted by Gasteiger charge is 2.25. The highest BCUT2D eigenvalue weighted by molar-refractivity contribution is 8.00. The van der Waals surface area contributed by atoms with Crippen LogP contribution in [0.1, 0.15) is 56.4 Å². The maximum Gasteiger partial charge on any atom is 0.263 e. The number of thioether (sulfide) groups is 1. The van der Waals surface area contributed by atoms with Crippen molar-refractivity contribution in [3.8, 4) is 0 Å². The summed E-state index contributed by atoms with van der Waals surface area (Å²) in [5.41, 5.74) is 1.29. The first kappa shape index (κ1) is 21.1. The zero-order valence-electron chi connectivity index (χ0n) is 16.8. The maximum absolute atomic E-state index is 13.4. The number of nitrogens with zero attached hydrogens (tertiary/aromatic N) is 2. The van der Waals surface area contributed by atoms with E-state index in [0.717, 1.165) is 48.7 Å². The van der Waals surface area contributed by atoms with Gasteiger partial charge in [0.2, 0.25) is 5.91 Å². The molecule has 0 radical (unpaired) electrons. The fourth-order valence-electron chi connectivity index (χ4n) is 3.57. The van der Waals surface area contributed by atoms with Crippen LogP contribution in [0.15, 0.2) is 22.6 Å². The minimum Gasteiger partial charge on any atom is -0.352 e. The van der Waals surface area contributed by atoms with Crippen LogP contribution >= 0.6 is 23.1 Å². The lowest BCUT2D eigenvalue weighted by Crippen LogP contribution is -2.32. The molecule has 0 fully saturated rings. The van der Waals surface area contributed by atoms with E-state index in [-0.39, 0.29) is 16.7 Å². The summed E-state index contributed by atoms with van der Waals surface area (Å²) in [5, 5.41) is 3.99. The molecule has 0 saturated carbocycles. The first-order chi connectivity index (χ1) is 13.6. The van der Waals surface area contributed by atoms with Crippen LogP contribution in [-0.4, -0.2) is 27.3 Å². The van der Waals surface area contributed by atoms with Crippen LogP contribution in [-0.2, 0) is 24.2 Å². The Bertz CT molecular complexity index is 916. The molecule has 1 amide bonds. The number of fused-ring (bicyclic) bond motifs is 3. The lowest BCUT2D eigenvalue weighted by Gasteiger charge is -2.15. The number of nitrogens with one attached hydrogen (secondary N) is 1. The third-order valence-corrected chi connectivity index (χ3v) is 7.37. The van der Waals surface area contributed by atoms with Gasteiger partial charge in [-0.2, -0.15) is 0 Å². The lowest BCUT2D eigenvalue weighted by atomic mass is 10.2. The van der Waals surface area contributed by atoms with E-state index in [1.165, 1.54) is 28.6 Å². The fourth-order valence-corrected chi connectivity index (χ4v) is 5.83. The maximum atomic E-state index is 13.4. The van der Waals surface area contributed by atoms with Crippen LogP contribution in [0.5, 0.6) is 0 Å². The summed E-state index contributed by atoms with van der Waals surface area (Å²) in [6.45, 7) is 8.77. The molecule has 0 bridgehead atoms. The predicted molar refractivity (Wildman–Crippen MR) is 119 cm³/mol. The Morgan fingerprint density at radius 1 is 1.39 bits per heavy atom. The zero-order valence-corrected chi connectivity index (χ0v) is 18.4. The van der Waals surface area contributed by atoms with Gasteiger partial charge >= 0.3 is 0 Å². The van der Waals surface area contributed by atoms with Gasteiger partial charge in [-0.25, -0.2) is 4.98 Å². The highest BCUT2D eigenvalue weighted by atomic mass is 32.2. The molecule has 1 aliphatic rings. The molecule has 0 unspecified atom stereocenters. The molecule has 0 saturated heterocycles. The summed E-state index contributed by atoms with van der Waals surface area (Å²) in [7, 11) is 0. The van der Waals surface area contributed by atoms with Crippen LogP contribution in [0, 0.1) is 0 Å². The molecule has 1 aliphatic carbocycles. The normalized spacial score (nSPS) is 14.2. The lowest BCUT2D eigenvalue weighted by molar-refractivity contribution is -0.120. The largest absolute Gasteiger partial charge is 0.352 e. The van der Waals surface area contributed by atoms with Gasteiger partial charge in [0, 0.05) is 18.0 Å². The van der Waals surface area contributed by atoms with Crippen molar-refractivity contribution < 1.29 is 4.79 Å². The van der Waals surface area contributed by atoms with E-state index < -0.39 is 0 Å². The quantitative estimate of drug-likeness (QED) is 0.270. The number of unbranched alkanes of at least 4 members (excludes halogenated alkanes) is 3. The van der Waals surface area contributed by atoms with Crippen molar-refractivity contribution in [1.82, 2.24) is 14.9 Å². The van der Waals surface area contributed by atoms with Gasteiger partial charge in [0.25, 0.3) is 5.56 Å². The Labute approximate surface area is 174 Å². The number of hydrogen-bond acceptors (Lipinski definition) is 5. The van der Waals surface area contributed by atoms with Crippen molar-refractivity contribution in [2.45, 2.75) is 75.7 Å². The standard InChI is InChI=1S/C21H29N3O2S2/c1-4-6-7-8-13-24-20(26)17-15-10-9-11-16(15)28-19(17)23-21(24)27-14(3)18(25)22-12-5-2/h5,14H,2,4,6-13H2,1,3H3,(H,22,25)/t14-/m1/s1. The summed E-state index contributed by atoms with van der Waals surface area (Å²) in [5.74, 6) is -0.0644. The van der Waals surface area contributed by atoms with E-state index in [1.54, 1.807) is 17.4 Å². The molecule has 2 aromatic rings. The second-order valence-electron chi connectivity index (χ2n) is 7.24. The number of rotatable bonds is 10. The summed E-state index contributed by atoms with van der Waals surface area (Å²) in [6, 6.07) is 0.